The van der Waals surface area contributed by atoms with E-state index < -0.39 is 24.1 Å². The van der Waals surface area contributed by atoms with Crippen molar-refractivity contribution in [2.24, 2.45) is 0 Å². The number of halogens is 2. The maximum Gasteiger partial charge on any atom is 0.183 e. The molecule has 3 heterocycles. The van der Waals surface area contributed by atoms with Crippen LogP contribution in [0.4, 0.5) is 10.2 Å². The Bertz CT molecular complexity index is 950. The Morgan fingerprint density at radius 2 is 2.08 bits per heavy atom. The van der Waals surface area contributed by atoms with Gasteiger partial charge in [-0.25, -0.2) is 19.3 Å². The van der Waals surface area contributed by atoms with Crippen molar-refractivity contribution in [1.82, 2.24) is 19.9 Å². The fourth-order valence-electron chi connectivity index (χ4n) is 3.25. The van der Waals surface area contributed by atoms with E-state index in [2.05, 4.69) is 25.3 Å². The molecule has 1 fully saturated rings. The number of aliphatic hydroxyl groups excluding tert-OH is 2. The minimum absolute atomic E-state index is 0.0162. The second kappa shape index (κ2) is 6.79. The van der Waals surface area contributed by atoms with E-state index in [1.165, 1.54) is 6.20 Å². The van der Waals surface area contributed by atoms with Gasteiger partial charge in [0.15, 0.2) is 17.5 Å². The first-order valence-electron chi connectivity index (χ1n) is 8.31. The number of nitrogens with one attached hydrogen (secondary N) is 2. The van der Waals surface area contributed by atoms with E-state index in [0.29, 0.717) is 34.9 Å². The summed E-state index contributed by atoms with van der Waals surface area (Å²) in [6.45, 7) is 0. The van der Waals surface area contributed by atoms with Crippen LogP contribution in [-0.4, -0.2) is 48.4 Å². The molecule has 0 saturated heterocycles. The number of aromatic amines is 1. The molecular weight excluding hydrogens is 361 g/mol. The van der Waals surface area contributed by atoms with Crippen LogP contribution in [0.1, 0.15) is 19.3 Å². The molecule has 0 aromatic carbocycles. The van der Waals surface area contributed by atoms with Crippen LogP contribution in [0.3, 0.4) is 0 Å². The number of fused-ring (bicyclic) bond motifs is 1. The van der Waals surface area contributed by atoms with Crippen LogP contribution in [0.15, 0.2) is 24.7 Å². The molecule has 1 aliphatic rings. The summed E-state index contributed by atoms with van der Waals surface area (Å²) in [5, 5.41) is 24.0. The van der Waals surface area contributed by atoms with Crippen LogP contribution < -0.4 is 5.32 Å². The van der Waals surface area contributed by atoms with E-state index in [-0.39, 0.29) is 5.82 Å². The highest BCUT2D eigenvalue weighted by Gasteiger charge is 2.31. The molecule has 2 unspecified atom stereocenters. The summed E-state index contributed by atoms with van der Waals surface area (Å²) in [4.78, 5) is 15.5. The summed E-state index contributed by atoms with van der Waals surface area (Å²) in [5.74, 6) is -0.343. The first-order chi connectivity index (χ1) is 12.5. The van der Waals surface area contributed by atoms with Crippen LogP contribution in [0.2, 0.25) is 5.02 Å². The molecule has 1 saturated carbocycles. The third kappa shape index (κ3) is 3.11. The van der Waals surface area contributed by atoms with Gasteiger partial charge >= 0.3 is 0 Å². The maximum absolute atomic E-state index is 14.2. The summed E-state index contributed by atoms with van der Waals surface area (Å²) in [5.41, 5.74) is 1.26. The number of aliphatic hydroxyl groups is 2. The zero-order valence-corrected chi connectivity index (χ0v) is 14.4. The van der Waals surface area contributed by atoms with E-state index in [9.17, 15) is 14.6 Å². The summed E-state index contributed by atoms with van der Waals surface area (Å²) in [6, 6.07) is 1.26. The molecule has 7 nitrogen and oxygen atoms in total. The fourth-order valence-corrected chi connectivity index (χ4v) is 3.41. The van der Waals surface area contributed by atoms with E-state index in [0.717, 1.165) is 18.0 Å². The quantitative estimate of drug-likeness (QED) is 0.558. The molecule has 0 radical (unpaired) electrons. The van der Waals surface area contributed by atoms with Gasteiger partial charge < -0.3 is 20.5 Å². The van der Waals surface area contributed by atoms with Gasteiger partial charge in [0.2, 0.25) is 0 Å². The molecule has 0 amide bonds. The molecule has 0 bridgehead atoms. The SMILES string of the molecule is OC1CCCC(Nc2nc(-c3c[nH]c4ncc(Cl)cc34)ncc2F)[C@@H]1O. The zero-order valence-electron chi connectivity index (χ0n) is 13.7. The molecule has 136 valence electrons. The van der Waals surface area contributed by atoms with Crippen molar-refractivity contribution in [3.63, 3.8) is 0 Å². The highest BCUT2D eigenvalue weighted by Crippen LogP contribution is 2.29. The van der Waals surface area contributed by atoms with E-state index in [4.69, 9.17) is 11.6 Å². The lowest BCUT2D eigenvalue weighted by Gasteiger charge is -2.32. The Morgan fingerprint density at radius 3 is 2.92 bits per heavy atom. The normalized spacial score (nSPS) is 23.3. The van der Waals surface area contributed by atoms with E-state index in [1.807, 2.05) is 0 Å². The van der Waals surface area contributed by atoms with Gasteiger partial charge in [0.1, 0.15) is 5.65 Å². The number of hydrogen-bond donors (Lipinski definition) is 4. The summed E-state index contributed by atoms with van der Waals surface area (Å²) in [6.07, 6.45) is 4.37. The topological polar surface area (TPSA) is 107 Å². The second-order valence-electron chi connectivity index (χ2n) is 6.38. The molecule has 0 aliphatic heterocycles. The average molecular weight is 378 g/mol. The Balaban J connectivity index is 1.68. The number of nitrogens with zero attached hydrogens (tertiary/aromatic N) is 3. The molecule has 0 spiro atoms. The van der Waals surface area contributed by atoms with Crippen LogP contribution >= 0.6 is 11.6 Å². The lowest BCUT2D eigenvalue weighted by atomic mass is 9.90. The predicted octanol–water partition coefficient (Wildman–Crippen LogP) is 2.50. The smallest absolute Gasteiger partial charge is 0.183 e. The van der Waals surface area contributed by atoms with Crippen molar-refractivity contribution < 1.29 is 14.6 Å². The van der Waals surface area contributed by atoms with Gasteiger partial charge in [-0.1, -0.05) is 11.6 Å². The predicted molar refractivity (Wildman–Crippen MR) is 95.4 cm³/mol. The Kier molecular flexibility index (Phi) is 4.47. The van der Waals surface area contributed by atoms with Crippen molar-refractivity contribution in [3.05, 3.63) is 35.5 Å². The highest BCUT2D eigenvalue weighted by atomic mass is 35.5. The molecule has 3 atom stereocenters. The summed E-state index contributed by atoms with van der Waals surface area (Å²) < 4.78 is 14.2. The van der Waals surface area contributed by atoms with E-state index in [1.54, 1.807) is 12.3 Å². The number of aromatic nitrogens is 4. The largest absolute Gasteiger partial charge is 0.390 e. The third-order valence-electron chi connectivity index (χ3n) is 4.63. The Hall–Kier alpha value is -2.29. The van der Waals surface area contributed by atoms with Gasteiger partial charge in [0, 0.05) is 23.3 Å². The van der Waals surface area contributed by atoms with Gasteiger partial charge in [-0.3, -0.25) is 0 Å². The van der Waals surface area contributed by atoms with Gasteiger partial charge in [0.25, 0.3) is 0 Å². The molecule has 4 rings (SSSR count). The van der Waals surface area contributed by atoms with Gasteiger partial charge in [-0.2, -0.15) is 0 Å². The first-order valence-corrected chi connectivity index (χ1v) is 8.69. The minimum Gasteiger partial charge on any atom is -0.390 e. The highest BCUT2D eigenvalue weighted by molar-refractivity contribution is 6.31. The minimum atomic E-state index is -0.974. The maximum atomic E-state index is 14.2. The molecule has 3 aromatic rings. The molecular formula is C17H17ClFN5O2. The molecule has 1 aliphatic carbocycles. The van der Waals surface area contributed by atoms with Gasteiger partial charge in [-0.15, -0.1) is 0 Å². The number of anilines is 1. The second-order valence-corrected chi connectivity index (χ2v) is 6.82. The standard InChI is InChI=1S/C17H17ClFN5O2/c18-8-4-9-10(6-21-15(9)20-5-8)16-22-7-11(19)17(24-16)23-12-2-1-3-13(25)14(12)26/h4-7,12-14,25-26H,1-3H2,(H,20,21)(H,22,23,24)/t12?,13?,14-/m0/s1. The Morgan fingerprint density at radius 1 is 1.23 bits per heavy atom. The van der Waals surface area contributed by atoms with Crippen LogP contribution in [0.5, 0.6) is 0 Å². The summed E-state index contributed by atoms with van der Waals surface area (Å²) >= 11 is 6.01. The number of pyridine rings is 1. The van der Waals surface area contributed by atoms with Gasteiger partial charge in [0.05, 0.1) is 29.5 Å². The number of hydrogen-bond acceptors (Lipinski definition) is 6. The molecule has 9 heteroatoms. The van der Waals surface area contributed by atoms with Crippen LogP contribution in [0.25, 0.3) is 22.4 Å². The van der Waals surface area contributed by atoms with Crippen LogP contribution in [-0.2, 0) is 0 Å². The monoisotopic (exact) mass is 377 g/mol. The molecule has 26 heavy (non-hydrogen) atoms. The average Bonchev–Trinajstić information content (AvgIpc) is 3.04. The van der Waals surface area contributed by atoms with Crippen molar-refractivity contribution in [3.8, 4) is 11.4 Å². The van der Waals surface area contributed by atoms with Crippen LogP contribution in [0, 0.1) is 5.82 Å². The third-order valence-corrected chi connectivity index (χ3v) is 4.83. The van der Waals surface area contributed by atoms with Crippen molar-refractivity contribution in [2.75, 3.05) is 5.32 Å². The zero-order chi connectivity index (χ0) is 18.3. The number of rotatable bonds is 3. The van der Waals surface area contributed by atoms with E-state index >= 15 is 0 Å². The van der Waals surface area contributed by atoms with Crippen molar-refractivity contribution in [1.29, 1.82) is 0 Å². The number of H-pyrrole nitrogens is 1. The summed E-state index contributed by atoms with van der Waals surface area (Å²) in [7, 11) is 0. The fraction of sp³-hybridized carbons (Fsp3) is 0.353. The first kappa shape index (κ1) is 17.1. The molecule has 3 aromatic heterocycles. The van der Waals surface area contributed by atoms with Crippen molar-refractivity contribution >= 4 is 28.5 Å². The molecule has 4 N–H and O–H groups in total. The lowest BCUT2D eigenvalue weighted by molar-refractivity contribution is -0.0162. The Labute approximate surface area is 153 Å². The van der Waals surface area contributed by atoms with Gasteiger partial charge in [-0.05, 0) is 25.3 Å². The lowest BCUT2D eigenvalue weighted by Crippen LogP contribution is -2.45. The van der Waals surface area contributed by atoms with Crippen molar-refractivity contribution in [2.45, 2.75) is 37.5 Å².